The van der Waals surface area contributed by atoms with Crippen LogP contribution < -0.4 is 10.1 Å². The molecule has 0 saturated carbocycles. The van der Waals surface area contributed by atoms with Gasteiger partial charge in [0.05, 0.1) is 0 Å². The molecule has 2 aromatic carbocycles. The first-order valence-electron chi connectivity index (χ1n) is 6.45. The molecular formula is C16H16INO2. The van der Waals surface area contributed by atoms with E-state index < -0.39 is 0 Å². The van der Waals surface area contributed by atoms with Gasteiger partial charge in [-0.25, -0.2) is 0 Å². The Morgan fingerprint density at radius 2 is 1.95 bits per heavy atom. The summed E-state index contributed by atoms with van der Waals surface area (Å²) in [5, 5.41) is 2.89. The number of amides is 1. The molecule has 0 saturated heterocycles. The van der Waals surface area contributed by atoms with Crippen LogP contribution in [-0.2, 0) is 11.2 Å². The van der Waals surface area contributed by atoms with Crippen LogP contribution in [0.15, 0.2) is 48.5 Å². The fourth-order valence-corrected chi connectivity index (χ4v) is 2.38. The molecule has 2 aromatic rings. The summed E-state index contributed by atoms with van der Waals surface area (Å²) in [4.78, 5) is 11.9. The van der Waals surface area contributed by atoms with Gasteiger partial charge in [0.2, 0.25) is 0 Å². The fraction of sp³-hybridized carbons (Fsp3) is 0.188. The summed E-state index contributed by atoms with van der Waals surface area (Å²) in [6.45, 7) is 2.08. The van der Waals surface area contributed by atoms with Crippen molar-refractivity contribution in [3.8, 4) is 5.75 Å². The molecule has 0 aliphatic rings. The van der Waals surface area contributed by atoms with Gasteiger partial charge in [0.1, 0.15) is 5.75 Å². The zero-order valence-corrected chi connectivity index (χ0v) is 13.4. The predicted octanol–water partition coefficient (Wildman–Crippen LogP) is 3.87. The van der Waals surface area contributed by atoms with Crippen LogP contribution in [0.25, 0.3) is 0 Å². The quantitative estimate of drug-likeness (QED) is 0.799. The minimum atomic E-state index is -0.148. The lowest BCUT2D eigenvalue weighted by Gasteiger charge is -2.11. The Labute approximate surface area is 132 Å². The standard InChI is InChI=1S/C16H16INO2/c1-2-12-10-13(17)8-9-15(12)18-16(19)11-20-14-6-4-3-5-7-14/h3-10H,2,11H2,1H3,(H,18,19). The summed E-state index contributed by atoms with van der Waals surface area (Å²) < 4.78 is 6.59. The third-order valence-corrected chi connectivity index (χ3v) is 3.51. The lowest BCUT2D eigenvalue weighted by atomic mass is 10.1. The highest BCUT2D eigenvalue weighted by Crippen LogP contribution is 2.19. The summed E-state index contributed by atoms with van der Waals surface area (Å²) in [7, 11) is 0. The summed E-state index contributed by atoms with van der Waals surface area (Å²) >= 11 is 2.27. The van der Waals surface area contributed by atoms with E-state index in [4.69, 9.17) is 4.74 Å². The number of nitrogens with one attached hydrogen (secondary N) is 1. The van der Waals surface area contributed by atoms with E-state index in [1.807, 2.05) is 42.5 Å². The zero-order valence-electron chi connectivity index (χ0n) is 11.2. The Kier molecular flexibility index (Phi) is 5.40. The maximum Gasteiger partial charge on any atom is 0.262 e. The van der Waals surface area contributed by atoms with Crippen molar-refractivity contribution in [2.24, 2.45) is 0 Å². The molecule has 1 amide bonds. The number of hydrogen-bond acceptors (Lipinski definition) is 2. The van der Waals surface area contributed by atoms with Gasteiger partial charge in [-0.05, 0) is 64.9 Å². The Morgan fingerprint density at radius 3 is 2.65 bits per heavy atom. The molecule has 0 atom stereocenters. The van der Waals surface area contributed by atoms with Gasteiger partial charge < -0.3 is 10.1 Å². The molecule has 2 rings (SSSR count). The van der Waals surface area contributed by atoms with Crippen molar-refractivity contribution in [2.75, 3.05) is 11.9 Å². The minimum absolute atomic E-state index is 0.0130. The molecule has 0 spiro atoms. The maximum absolute atomic E-state index is 11.9. The Hall–Kier alpha value is -1.56. The Bertz CT molecular complexity index is 584. The molecule has 104 valence electrons. The van der Waals surface area contributed by atoms with Gasteiger partial charge in [-0.3, -0.25) is 4.79 Å². The molecule has 20 heavy (non-hydrogen) atoms. The smallest absolute Gasteiger partial charge is 0.262 e. The molecule has 0 unspecified atom stereocenters. The van der Waals surface area contributed by atoms with Crippen LogP contribution in [0.1, 0.15) is 12.5 Å². The number of rotatable bonds is 5. The lowest BCUT2D eigenvalue weighted by molar-refractivity contribution is -0.118. The van der Waals surface area contributed by atoms with Gasteiger partial charge in [-0.1, -0.05) is 25.1 Å². The number of carbonyl (C=O) groups is 1. The molecule has 0 aliphatic carbocycles. The van der Waals surface area contributed by atoms with Gasteiger partial charge in [0.15, 0.2) is 6.61 Å². The van der Waals surface area contributed by atoms with Crippen LogP contribution in [0.3, 0.4) is 0 Å². The Morgan fingerprint density at radius 1 is 1.20 bits per heavy atom. The highest BCUT2D eigenvalue weighted by atomic mass is 127. The van der Waals surface area contributed by atoms with Crippen molar-refractivity contribution in [3.05, 3.63) is 57.7 Å². The van der Waals surface area contributed by atoms with E-state index in [1.54, 1.807) is 0 Å². The normalized spacial score (nSPS) is 10.1. The molecule has 0 aromatic heterocycles. The second-order valence-electron chi connectivity index (χ2n) is 4.30. The van der Waals surface area contributed by atoms with Crippen LogP contribution in [0.4, 0.5) is 5.69 Å². The molecule has 0 aliphatic heterocycles. The van der Waals surface area contributed by atoms with E-state index in [9.17, 15) is 4.79 Å². The van der Waals surface area contributed by atoms with Crippen molar-refractivity contribution in [1.82, 2.24) is 0 Å². The van der Waals surface area contributed by atoms with Crippen LogP contribution in [0, 0.1) is 3.57 Å². The molecule has 4 heteroatoms. The van der Waals surface area contributed by atoms with Gasteiger partial charge in [-0.2, -0.15) is 0 Å². The summed E-state index contributed by atoms with van der Waals surface area (Å²) in [5.41, 5.74) is 1.99. The lowest BCUT2D eigenvalue weighted by Crippen LogP contribution is -2.20. The average molecular weight is 381 g/mol. The third-order valence-electron chi connectivity index (χ3n) is 2.84. The number of benzene rings is 2. The van der Waals surface area contributed by atoms with Gasteiger partial charge in [0.25, 0.3) is 5.91 Å². The number of hydrogen-bond donors (Lipinski definition) is 1. The molecular weight excluding hydrogens is 365 g/mol. The minimum Gasteiger partial charge on any atom is -0.484 e. The van der Waals surface area contributed by atoms with Crippen LogP contribution in [0.2, 0.25) is 0 Å². The number of carbonyl (C=O) groups excluding carboxylic acids is 1. The Balaban J connectivity index is 1.95. The highest BCUT2D eigenvalue weighted by molar-refractivity contribution is 14.1. The fourth-order valence-electron chi connectivity index (χ4n) is 1.83. The average Bonchev–Trinajstić information content (AvgIpc) is 2.48. The van der Waals surface area contributed by atoms with E-state index in [0.717, 1.165) is 21.2 Å². The highest BCUT2D eigenvalue weighted by Gasteiger charge is 2.07. The maximum atomic E-state index is 11.9. The first kappa shape index (κ1) is 14.8. The van der Waals surface area contributed by atoms with Gasteiger partial charge >= 0.3 is 0 Å². The van der Waals surface area contributed by atoms with Crippen molar-refractivity contribution >= 4 is 34.2 Å². The monoisotopic (exact) mass is 381 g/mol. The number of ether oxygens (including phenoxy) is 1. The van der Waals surface area contributed by atoms with Crippen molar-refractivity contribution in [3.63, 3.8) is 0 Å². The van der Waals surface area contributed by atoms with Crippen LogP contribution >= 0.6 is 22.6 Å². The van der Waals surface area contributed by atoms with E-state index >= 15 is 0 Å². The second-order valence-corrected chi connectivity index (χ2v) is 5.55. The van der Waals surface area contributed by atoms with Crippen molar-refractivity contribution in [2.45, 2.75) is 13.3 Å². The molecule has 1 N–H and O–H groups in total. The first-order chi connectivity index (χ1) is 9.69. The summed E-state index contributed by atoms with van der Waals surface area (Å²) in [6, 6.07) is 15.3. The van der Waals surface area contributed by atoms with Gasteiger partial charge in [0, 0.05) is 9.26 Å². The largest absolute Gasteiger partial charge is 0.484 e. The molecule has 0 heterocycles. The van der Waals surface area contributed by atoms with E-state index in [-0.39, 0.29) is 12.5 Å². The number of para-hydroxylation sites is 1. The molecule has 3 nitrogen and oxygen atoms in total. The van der Waals surface area contributed by atoms with Crippen molar-refractivity contribution < 1.29 is 9.53 Å². The third kappa shape index (κ3) is 4.23. The summed E-state index contributed by atoms with van der Waals surface area (Å²) in [6.07, 6.45) is 0.881. The molecule has 0 bridgehead atoms. The number of anilines is 1. The van der Waals surface area contributed by atoms with E-state index in [1.165, 1.54) is 0 Å². The molecule has 0 radical (unpaired) electrons. The van der Waals surface area contributed by atoms with Crippen LogP contribution in [-0.4, -0.2) is 12.5 Å². The first-order valence-corrected chi connectivity index (χ1v) is 7.53. The SMILES string of the molecule is CCc1cc(I)ccc1NC(=O)COc1ccccc1. The second kappa shape index (κ2) is 7.28. The number of aryl methyl sites for hydroxylation is 1. The van der Waals surface area contributed by atoms with Gasteiger partial charge in [-0.15, -0.1) is 0 Å². The van der Waals surface area contributed by atoms with E-state index in [0.29, 0.717) is 5.75 Å². The van der Waals surface area contributed by atoms with Crippen LogP contribution in [0.5, 0.6) is 5.75 Å². The predicted molar refractivity (Wildman–Crippen MR) is 89.1 cm³/mol. The number of halogens is 1. The molecule has 0 fully saturated rings. The zero-order chi connectivity index (χ0) is 14.4. The topological polar surface area (TPSA) is 38.3 Å². The van der Waals surface area contributed by atoms with E-state index in [2.05, 4.69) is 40.9 Å². The van der Waals surface area contributed by atoms with Crippen molar-refractivity contribution in [1.29, 1.82) is 0 Å². The summed E-state index contributed by atoms with van der Waals surface area (Å²) in [5.74, 6) is 0.547.